The Morgan fingerprint density at radius 1 is 1.28 bits per heavy atom. The molecular formula is C12H11ClN4O. The van der Waals surface area contributed by atoms with Crippen molar-refractivity contribution >= 4 is 22.6 Å². The number of nitrogens with zero attached hydrogens (tertiary/aromatic N) is 4. The molecule has 0 fully saturated rings. The maximum Gasteiger partial charge on any atom is 0.228 e. The van der Waals surface area contributed by atoms with Gasteiger partial charge >= 0.3 is 0 Å². The van der Waals surface area contributed by atoms with E-state index in [1.807, 2.05) is 24.3 Å². The SMILES string of the molecule is ClCc1nc2ccccc2n1CCc1ncno1. The van der Waals surface area contributed by atoms with E-state index in [4.69, 9.17) is 16.1 Å². The first kappa shape index (κ1) is 11.2. The summed E-state index contributed by atoms with van der Waals surface area (Å²) >= 11 is 5.93. The van der Waals surface area contributed by atoms with E-state index in [1.54, 1.807) is 0 Å². The molecule has 3 rings (SSSR count). The van der Waals surface area contributed by atoms with Crippen molar-refractivity contribution in [3.8, 4) is 0 Å². The Bertz CT molecular complexity index is 647. The summed E-state index contributed by atoms with van der Waals surface area (Å²) in [6, 6.07) is 7.97. The highest BCUT2D eigenvalue weighted by Crippen LogP contribution is 2.17. The van der Waals surface area contributed by atoms with Gasteiger partial charge in [0.05, 0.1) is 16.9 Å². The summed E-state index contributed by atoms with van der Waals surface area (Å²) < 4.78 is 7.08. The molecule has 0 saturated carbocycles. The molecule has 0 radical (unpaired) electrons. The van der Waals surface area contributed by atoms with Gasteiger partial charge in [-0.05, 0) is 12.1 Å². The maximum atomic E-state index is 5.93. The molecule has 0 unspecified atom stereocenters. The number of para-hydroxylation sites is 2. The zero-order valence-electron chi connectivity index (χ0n) is 9.58. The Labute approximate surface area is 108 Å². The lowest BCUT2D eigenvalue weighted by molar-refractivity contribution is 0.371. The van der Waals surface area contributed by atoms with Gasteiger partial charge in [-0.25, -0.2) is 4.98 Å². The van der Waals surface area contributed by atoms with Crippen molar-refractivity contribution in [1.82, 2.24) is 19.7 Å². The van der Waals surface area contributed by atoms with Crippen molar-refractivity contribution in [2.24, 2.45) is 0 Å². The Morgan fingerprint density at radius 3 is 2.94 bits per heavy atom. The number of imidazole rings is 1. The van der Waals surface area contributed by atoms with Crippen molar-refractivity contribution < 1.29 is 4.52 Å². The molecule has 0 atom stereocenters. The average Bonchev–Trinajstić information content (AvgIpc) is 3.03. The fourth-order valence-corrected chi connectivity index (χ4v) is 2.19. The van der Waals surface area contributed by atoms with Gasteiger partial charge in [0.1, 0.15) is 5.82 Å². The van der Waals surface area contributed by atoms with Crippen LogP contribution in [0.25, 0.3) is 11.0 Å². The molecule has 2 aromatic heterocycles. The molecule has 1 aromatic carbocycles. The van der Waals surface area contributed by atoms with Crippen LogP contribution in [0, 0.1) is 0 Å². The van der Waals surface area contributed by atoms with Crippen molar-refractivity contribution in [3.05, 3.63) is 42.3 Å². The number of aromatic nitrogens is 4. The number of halogens is 1. The minimum atomic E-state index is 0.387. The van der Waals surface area contributed by atoms with Crippen LogP contribution in [-0.2, 0) is 18.8 Å². The number of aryl methyl sites for hydroxylation is 2. The van der Waals surface area contributed by atoms with Gasteiger partial charge in [0, 0.05) is 13.0 Å². The fourth-order valence-electron chi connectivity index (χ4n) is 1.99. The van der Waals surface area contributed by atoms with Gasteiger partial charge in [0.25, 0.3) is 0 Å². The molecule has 0 aliphatic heterocycles. The minimum absolute atomic E-state index is 0.387. The van der Waals surface area contributed by atoms with Gasteiger partial charge in [0.2, 0.25) is 5.89 Å². The van der Waals surface area contributed by atoms with E-state index in [9.17, 15) is 0 Å². The molecule has 0 saturated heterocycles. The summed E-state index contributed by atoms with van der Waals surface area (Å²) in [6.45, 7) is 0.727. The van der Waals surface area contributed by atoms with E-state index >= 15 is 0 Å². The third-order valence-corrected chi connectivity index (χ3v) is 3.05. The number of hydrogen-bond acceptors (Lipinski definition) is 4. The Hall–Kier alpha value is -1.88. The third-order valence-electron chi connectivity index (χ3n) is 2.81. The zero-order valence-corrected chi connectivity index (χ0v) is 10.3. The van der Waals surface area contributed by atoms with E-state index in [-0.39, 0.29) is 0 Å². The summed E-state index contributed by atoms with van der Waals surface area (Å²) in [7, 11) is 0. The lowest BCUT2D eigenvalue weighted by atomic mass is 10.3. The lowest BCUT2D eigenvalue weighted by Crippen LogP contribution is -2.05. The first-order valence-corrected chi connectivity index (χ1v) is 6.17. The number of rotatable bonds is 4. The first-order valence-electron chi connectivity index (χ1n) is 5.64. The van der Waals surface area contributed by atoms with Crippen LogP contribution in [-0.4, -0.2) is 19.7 Å². The van der Waals surface area contributed by atoms with Crippen molar-refractivity contribution in [3.63, 3.8) is 0 Å². The van der Waals surface area contributed by atoms with Gasteiger partial charge in [-0.2, -0.15) is 4.98 Å². The van der Waals surface area contributed by atoms with Crippen LogP contribution in [0.1, 0.15) is 11.7 Å². The molecule has 3 aromatic rings. The largest absolute Gasteiger partial charge is 0.340 e. The molecule has 5 nitrogen and oxygen atoms in total. The quantitative estimate of drug-likeness (QED) is 0.678. The highest BCUT2D eigenvalue weighted by atomic mass is 35.5. The van der Waals surface area contributed by atoms with Gasteiger partial charge in [0.15, 0.2) is 6.33 Å². The Morgan fingerprint density at radius 2 is 2.17 bits per heavy atom. The summed E-state index contributed by atoms with van der Waals surface area (Å²) in [5.41, 5.74) is 2.03. The predicted octanol–water partition coefficient (Wildman–Crippen LogP) is 2.40. The molecule has 2 heterocycles. The Balaban J connectivity index is 1.94. The summed E-state index contributed by atoms with van der Waals surface area (Å²) in [6.07, 6.45) is 2.08. The zero-order chi connectivity index (χ0) is 12.4. The smallest absolute Gasteiger partial charge is 0.228 e. The van der Waals surface area contributed by atoms with Crippen LogP contribution < -0.4 is 0 Å². The normalized spacial score (nSPS) is 11.2. The third kappa shape index (κ3) is 1.97. The second kappa shape index (κ2) is 4.78. The number of fused-ring (bicyclic) bond motifs is 1. The topological polar surface area (TPSA) is 56.7 Å². The molecule has 0 aliphatic rings. The Kier molecular flexibility index (Phi) is 2.98. The predicted molar refractivity (Wildman–Crippen MR) is 67.3 cm³/mol. The van der Waals surface area contributed by atoms with Gasteiger partial charge in [-0.3, -0.25) is 0 Å². The molecule has 0 aliphatic carbocycles. The van der Waals surface area contributed by atoms with Crippen LogP contribution in [0.15, 0.2) is 35.1 Å². The second-order valence-electron chi connectivity index (χ2n) is 3.89. The molecule has 0 N–H and O–H groups in total. The maximum absolute atomic E-state index is 5.93. The fraction of sp³-hybridized carbons (Fsp3) is 0.250. The van der Waals surface area contributed by atoms with Crippen LogP contribution in [0.3, 0.4) is 0 Å². The molecule has 0 bridgehead atoms. The molecule has 0 spiro atoms. The van der Waals surface area contributed by atoms with Gasteiger partial charge in [-0.1, -0.05) is 17.3 Å². The number of alkyl halides is 1. The molecule has 0 amide bonds. The van der Waals surface area contributed by atoms with Crippen molar-refractivity contribution in [1.29, 1.82) is 0 Å². The summed E-state index contributed by atoms with van der Waals surface area (Å²) in [4.78, 5) is 8.50. The lowest BCUT2D eigenvalue weighted by Gasteiger charge is -2.05. The van der Waals surface area contributed by atoms with Crippen LogP contribution >= 0.6 is 11.6 Å². The van der Waals surface area contributed by atoms with Gasteiger partial charge < -0.3 is 9.09 Å². The van der Waals surface area contributed by atoms with E-state index < -0.39 is 0 Å². The summed E-state index contributed by atoms with van der Waals surface area (Å²) in [5, 5.41) is 3.59. The van der Waals surface area contributed by atoms with E-state index in [0.29, 0.717) is 18.2 Å². The van der Waals surface area contributed by atoms with Crippen LogP contribution in [0.4, 0.5) is 0 Å². The molecule has 6 heteroatoms. The standard InChI is InChI=1S/C12H11ClN4O/c13-7-11-16-9-3-1-2-4-10(9)17(11)6-5-12-14-8-15-18-12/h1-4,8H,5-7H2. The van der Waals surface area contributed by atoms with E-state index in [2.05, 4.69) is 19.7 Å². The van der Waals surface area contributed by atoms with Gasteiger partial charge in [-0.15, -0.1) is 11.6 Å². The minimum Gasteiger partial charge on any atom is -0.340 e. The van der Waals surface area contributed by atoms with E-state index in [1.165, 1.54) is 6.33 Å². The molecular weight excluding hydrogens is 252 g/mol. The highest BCUT2D eigenvalue weighted by molar-refractivity contribution is 6.16. The highest BCUT2D eigenvalue weighted by Gasteiger charge is 2.10. The number of benzene rings is 1. The van der Waals surface area contributed by atoms with Crippen molar-refractivity contribution in [2.75, 3.05) is 0 Å². The number of hydrogen-bond donors (Lipinski definition) is 0. The first-order chi connectivity index (χ1) is 8.88. The van der Waals surface area contributed by atoms with E-state index in [0.717, 1.165) is 23.4 Å². The molecule has 18 heavy (non-hydrogen) atoms. The molecule has 92 valence electrons. The summed E-state index contributed by atoms with van der Waals surface area (Å²) in [5.74, 6) is 1.86. The second-order valence-corrected chi connectivity index (χ2v) is 4.15. The van der Waals surface area contributed by atoms with Crippen LogP contribution in [0.2, 0.25) is 0 Å². The van der Waals surface area contributed by atoms with Crippen LogP contribution in [0.5, 0.6) is 0 Å². The monoisotopic (exact) mass is 262 g/mol. The van der Waals surface area contributed by atoms with Crippen molar-refractivity contribution in [2.45, 2.75) is 18.8 Å². The average molecular weight is 263 g/mol.